The van der Waals surface area contributed by atoms with Gasteiger partial charge in [0.25, 0.3) is 0 Å². The summed E-state index contributed by atoms with van der Waals surface area (Å²) in [5.74, 6) is 0.617. The number of nitrogens with zero attached hydrogens (tertiary/aromatic N) is 5. The van der Waals surface area contributed by atoms with Crippen molar-refractivity contribution in [1.29, 1.82) is 0 Å². The molecule has 0 atom stereocenters. The highest BCUT2D eigenvalue weighted by Crippen LogP contribution is 2.21. The van der Waals surface area contributed by atoms with Crippen molar-refractivity contribution in [1.82, 2.24) is 20.0 Å². The first-order chi connectivity index (χ1) is 14.6. The van der Waals surface area contributed by atoms with Gasteiger partial charge in [0.15, 0.2) is 11.6 Å². The van der Waals surface area contributed by atoms with Crippen molar-refractivity contribution in [3.8, 4) is 5.82 Å². The molecule has 0 aliphatic carbocycles. The largest absolute Gasteiger partial charge is 0.309 e. The van der Waals surface area contributed by atoms with Crippen LogP contribution in [0, 0.1) is 0 Å². The number of aliphatic imine (C=N–C) groups is 1. The second-order valence-electron chi connectivity index (χ2n) is 6.44. The minimum atomic E-state index is -0.254. The molecule has 0 saturated carbocycles. The van der Waals surface area contributed by atoms with E-state index in [1.165, 1.54) is 0 Å². The first-order valence-electron chi connectivity index (χ1n) is 9.11. The molecule has 4 rings (SSSR count). The molecule has 150 valence electrons. The van der Waals surface area contributed by atoms with Crippen molar-refractivity contribution >= 4 is 46.7 Å². The summed E-state index contributed by atoms with van der Waals surface area (Å²) in [6, 6.07) is 10.3. The number of carbonyl (C=O) groups excluding carboxylic acids is 1. The number of rotatable bonds is 5. The van der Waals surface area contributed by atoms with Crippen LogP contribution in [0.5, 0.6) is 0 Å². The van der Waals surface area contributed by atoms with Gasteiger partial charge in [-0.2, -0.15) is 5.10 Å². The van der Waals surface area contributed by atoms with Crippen LogP contribution in [0.3, 0.4) is 0 Å². The molecule has 2 aromatic heterocycles. The molecule has 3 heterocycles. The summed E-state index contributed by atoms with van der Waals surface area (Å²) in [5.41, 5.74) is 2.41. The molecule has 0 spiro atoms. The Balaban J connectivity index is 1.42. The van der Waals surface area contributed by atoms with Crippen LogP contribution in [0.2, 0.25) is 10.0 Å². The Bertz CT molecular complexity index is 1160. The molecule has 0 radical (unpaired) electrons. The number of nitrogens with one attached hydrogen (secondary N) is 1. The SMILES string of the molecule is O=C(Cc1ccc(Cl)cc1Cl)Nc1ccc(-n2ccc(C3=CCC=CN=C3)n2)nn1. The van der Waals surface area contributed by atoms with Crippen LogP contribution >= 0.6 is 23.2 Å². The third-order valence-corrected chi connectivity index (χ3v) is 4.87. The zero-order valence-electron chi connectivity index (χ0n) is 15.7. The van der Waals surface area contributed by atoms with Crippen LogP contribution < -0.4 is 5.32 Å². The molecular formula is C21H16Cl2N6O. The molecule has 9 heteroatoms. The second kappa shape index (κ2) is 9.02. The van der Waals surface area contributed by atoms with E-state index in [0.717, 1.165) is 17.7 Å². The van der Waals surface area contributed by atoms with E-state index < -0.39 is 0 Å². The zero-order chi connectivity index (χ0) is 20.9. The topological polar surface area (TPSA) is 85.1 Å². The van der Waals surface area contributed by atoms with E-state index in [1.807, 2.05) is 12.1 Å². The summed E-state index contributed by atoms with van der Waals surface area (Å²) in [7, 11) is 0. The third kappa shape index (κ3) is 4.82. The number of aromatic nitrogens is 4. The number of hydrogen-bond donors (Lipinski definition) is 1. The van der Waals surface area contributed by atoms with Gasteiger partial charge in [-0.05, 0) is 42.3 Å². The molecular weight excluding hydrogens is 423 g/mol. The highest BCUT2D eigenvalue weighted by Gasteiger charge is 2.10. The fourth-order valence-electron chi connectivity index (χ4n) is 2.81. The quantitative estimate of drug-likeness (QED) is 0.634. The molecule has 0 saturated heterocycles. The van der Waals surface area contributed by atoms with Gasteiger partial charge >= 0.3 is 0 Å². The first kappa shape index (κ1) is 20.0. The van der Waals surface area contributed by atoms with Gasteiger partial charge in [-0.1, -0.05) is 41.4 Å². The van der Waals surface area contributed by atoms with E-state index in [-0.39, 0.29) is 12.3 Å². The summed E-state index contributed by atoms with van der Waals surface area (Å²) >= 11 is 12.0. The molecule has 30 heavy (non-hydrogen) atoms. The lowest BCUT2D eigenvalue weighted by Crippen LogP contribution is -2.16. The van der Waals surface area contributed by atoms with E-state index in [2.05, 4.69) is 31.7 Å². The molecule has 1 aromatic carbocycles. The molecule has 7 nitrogen and oxygen atoms in total. The summed E-state index contributed by atoms with van der Waals surface area (Å²) in [5, 5.41) is 16.4. The van der Waals surface area contributed by atoms with E-state index in [9.17, 15) is 4.79 Å². The van der Waals surface area contributed by atoms with Crippen LogP contribution in [-0.4, -0.2) is 32.1 Å². The van der Waals surface area contributed by atoms with E-state index >= 15 is 0 Å². The van der Waals surface area contributed by atoms with E-state index in [0.29, 0.717) is 27.2 Å². The van der Waals surface area contributed by atoms with Crippen molar-refractivity contribution in [2.45, 2.75) is 12.8 Å². The maximum atomic E-state index is 12.3. The highest BCUT2D eigenvalue weighted by molar-refractivity contribution is 6.35. The van der Waals surface area contributed by atoms with Crippen LogP contribution in [0.15, 0.2) is 65.9 Å². The molecule has 1 aliphatic rings. The van der Waals surface area contributed by atoms with E-state index in [1.54, 1.807) is 53.6 Å². The van der Waals surface area contributed by atoms with Gasteiger partial charge in [-0.25, -0.2) is 4.68 Å². The fourth-order valence-corrected chi connectivity index (χ4v) is 3.28. The second-order valence-corrected chi connectivity index (χ2v) is 7.28. The Morgan fingerprint density at radius 1 is 1.13 bits per heavy atom. The Labute approximate surface area is 182 Å². The van der Waals surface area contributed by atoms with Crippen molar-refractivity contribution < 1.29 is 4.79 Å². The molecule has 0 unspecified atom stereocenters. The number of anilines is 1. The fraction of sp³-hybridized carbons (Fsp3) is 0.0952. The Morgan fingerprint density at radius 2 is 2.03 bits per heavy atom. The molecule has 0 bridgehead atoms. The molecule has 3 aromatic rings. The number of allylic oxidation sites excluding steroid dienone is 3. The minimum Gasteiger partial charge on any atom is -0.309 e. The van der Waals surface area contributed by atoms with Crippen molar-refractivity contribution in [2.75, 3.05) is 5.32 Å². The number of benzene rings is 1. The Morgan fingerprint density at radius 3 is 2.83 bits per heavy atom. The van der Waals surface area contributed by atoms with Crippen molar-refractivity contribution in [2.24, 2.45) is 4.99 Å². The van der Waals surface area contributed by atoms with Gasteiger partial charge in [-0.15, -0.1) is 10.2 Å². The van der Waals surface area contributed by atoms with Crippen LogP contribution in [-0.2, 0) is 11.2 Å². The Hall–Kier alpha value is -3.29. The summed E-state index contributed by atoms with van der Waals surface area (Å²) in [6.45, 7) is 0. The Kier molecular flexibility index (Phi) is 6.02. The van der Waals surface area contributed by atoms with Gasteiger partial charge in [-0.3, -0.25) is 9.79 Å². The maximum Gasteiger partial charge on any atom is 0.230 e. The van der Waals surface area contributed by atoms with Gasteiger partial charge in [0.2, 0.25) is 5.91 Å². The van der Waals surface area contributed by atoms with Gasteiger partial charge in [0, 0.05) is 34.2 Å². The van der Waals surface area contributed by atoms with E-state index in [4.69, 9.17) is 23.2 Å². The third-order valence-electron chi connectivity index (χ3n) is 4.28. The number of carbonyl (C=O) groups is 1. The predicted molar refractivity (Wildman–Crippen MR) is 118 cm³/mol. The van der Waals surface area contributed by atoms with Gasteiger partial charge in [0.05, 0.1) is 12.1 Å². The molecule has 0 fully saturated rings. The van der Waals surface area contributed by atoms with Crippen LogP contribution in [0.4, 0.5) is 5.82 Å². The number of halogens is 2. The van der Waals surface area contributed by atoms with Crippen molar-refractivity contribution in [3.05, 3.63) is 82.2 Å². The molecule has 1 amide bonds. The standard InChI is InChI=1S/C21H16Cl2N6O/c22-16-5-4-14(17(23)12-16)11-21(30)25-19-6-7-20(27-26-19)29-10-8-18(28-29)15-3-1-2-9-24-13-15/h2-10,12-13H,1,11H2,(H,25,26,30). The lowest BCUT2D eigenvalue weighted by atomic mass is 10.1. The van der Waals surface area contributed by atoms with Crippen LogP contribution in [0.1, 0.15) is 17.7 Å². The molecule has 1 N–H and O–H groups in total. The smallest absolute Gasteiger partial charge is 0.230 e. The van der Waals surface area contributed by atoms with Crippen molar-refractivity contribution in [3.63, 3.8) is 0 Å². The lowest BCUT2D eigenvalue weighted by molar-refractivity contribution is -0.115. The first-order valence-corrected chi connectivity index (χ1v) is 9.86. The number of hydrogen-bond acceptors (Lipinski definition) is 5. The van der Waals surface area contributed by atoms with Gasteiger partial charge in [0.1, 0.15) is 0 Å². The summed E-state index contributed by atoms with van der Waals surface area (Å²) in [6.07, 6.45) is 10.3. The minimum absolute atomic E-state index is 0.105. The van der Waals surface area contributed by atoms with Gasteiger partial charge < -0.3 is 5.32 Å². The van der Waals surface area contributed by atoms with Crippen LogP contribution in [0.25, 0.3) is 11.4 Å². The zero-order valence-corrected chi connectivity index (χ0v) is 17.2. The predicted octanol–water partition coefficient (Wildman–Crippen LogP) is 4.52. The normalized spacial score (nSPS) is 13.1. The average Bonchev–Trinajstić information content (AvgIpc) is 3.06. The monoisotopic (exact) mass is 438 g/mol. The average molecular weight is 439 g/mol. The molecule has 1 aliphatic heterocycles. The lowest BCUT2D eigenvalue weighted by Gasteiger charge is -2.06. The highest BCUT2D eigenvalue weighted by atomic mass is 35.5. The maximum absolute atomic E-state index is 12.3. The number of amides is 1. The summed E-state index contributed by atoms with van der Waals surface area (Å²) in [4.78, 5) is 16.5. The summed E-state index contributed by atoms with van der Waals surface area (Å²) < 4.78 is 1.62.